The van der Waals surface area contributed by atoms with E-state index in [9.17, 15) is 29.7 Å². The molecule has 0 spiro atoms. The first-order valence-corrected chi connectivity index (χ1v) is 19.3. The number of thioether (sulfide) groups is 1. The first kappa shape index (κ1) is 39.5. The number of amides is 1. The number of hydrogen-bond donors (Lipinski definition) is 6. The van der Waals surface area contributed by atoms with Gasteiger partial charge in [0.1, 0.15) is 0 Å². The number of carboxylic acids is 2. The van der Waals surface area contributed by atoms with Crippen LogP contribution in [0.25, 0.3) is 39.3 Å². The van der Waals surface area contributed by atoms with Crippen molar-refractivity contribution in [2.45, 2.75) is 86.0 Å². The Bertz CT molecular complexity index is 2160. The van der Waals surface area contributed by atoms with Crippen LogP contribution >= 0.6 is 11.8 Å². The maximum atomic E-state index is 13.8. The number of H-pyrrole nitrogens is 2. The summed E-state index contributed by atoms with van der Waals surface area (Å²) in [6.07, 6.45) is 2.46. The topological polar surface area (TPSA) is 181 Å². The third-order valence-electron chi connectivity index (χ3n) is 10.4. The highest BCUT2D eigenvalue weighted by atomic mass is 32.2. The van der Waals surface area contributed by atoms with Gasteiger partial charge in [0.05, 0.1) is 29.1 Å². The van der Waals surface area contributed by atoms with Crippen LogP contribution in [0.2, 0.25) is 0 Å². The Hall–Kier alpha value is -4.68. The molecule has 1 amide bonds. The third-order valence-corrected chi connectivity index (χ3v) is 11.9. The van der Waals surface area contributed by atoms with Crippen LogP contribution in [0.4, 0.5) is 0 Å². The Morgan fingerprint density at radius 2 is 1.70 bits per heavy atom. The van der Waals surface area contributed by atoms with Crippen molar-refractivity contribution in [1.29, 1.82) is 0 Å². The van der Waals surface area contributed by atoms with E-state index in [-0.39, 0.29) is 54.4 Å². The van der Waals surface area contributed by atoms with Crippen molar-refractivity contribution in [3.8, 4) is 0 Å². The Balaban J connectivity index is 1.82. The highest BCUT2D eigenvalue weighted by Crippen LogP contribution is 2.43. The molecule has 6 N–H and O–H groups in total. The number of rotatable bonds is 14. The maximum absolute atomic E-state index is 13.8. The highest BCUT2D eigenvalue weighted by molar-refractivity contribution is 7.99. The van der Waals surface area contributed by atoms with Crippen molar-refractivity contribution in [1.82, 2.24) is 25.3 Å². The molecule has 2 aliphatic rings. The Morgan fingerprint density at radius 1 is 1.00 bits per heavy atom. The smallest absolute Gasteiger partial charge is 0.338 e. The van der Waals surface area contributed by atoms with Gasteiger partial charge in [-0.2, -0.15) is 11.8 Å². The molecule has 282 valence electrons. The van der Waals surface area contributed by atoms with Gasteiger partial charge in [0.2, 0.25) is 5.91 Å². The number of aliphatic carboxylic acids is 2. The van der Waals surface area contributed by atoms with Crippen LogP contribution in [0.1, 0.15) is 110 Å². The second-order valence-corrected chi connectivity index (χ2v) is 15.9. The number of aromatic amines is 2. The van der Waals surface area contributed by atoms with Gasteiger partial charge in [-0.05, 0) is 79.5 Å². The van der Waals surface area contributed by atoms with Crippen LogP contribution in [-0.2, 0) is 27.2 Å². The SMILES string of the molecule is C=Cc1c(C)c2cc3nc(c(CC(=O)NCCSCC(C)(C)CO)c4nc(cc5[nH]c(cc1[nH]2)c(C)c5CC)C(C)=C4C(=O)O)C(CCC(=O)O)C3C. The number of hydrogen-bond acceptors (Lipinski definition) is 7. The normalized spacial score (nSPS) is 15.8. The quantitative estimate of drug-likeness (QED) is 0.0923. The molecule has 0 aromatic carbocycles. The summed E-state index contributed by atoms with van der Waals surface area (Å²) in [7, 11) is 0. The number of aliphatic hydroxyl groups excluding tert-OH is 1. The van der Waals surface area contributed by atoms with Gasteiger partial charge >= 0.3 is 11.9 Å². The molecular formula is C41H51N5O6S. The second-order valence-electron chi connectivity index (χ2n) is 14.8. The standard InChI is InChI=1S/C41H51N5O6S/c1-9-25-21(3)29-16-31-23(5)27(11-12-36(49)50)38(45-31)28(15-35(48)42-13-14-53-20-41(7,8)19-47)39-37(40(51)52)24(6)32(46-39)18-34-26(10-2)22(4)30(44-34)17-33(25)43-29/h9,16-18,23,27,43-44,47H,1,10-15,19-20H2,2-8H3,(H,42,48)(H,49,50)(H,51,52). The van der Waals surface area contributed by atoms with Crippen molar-refractivity contribution < 1.29 is 29.7 Å². The fraction of sp³-hybridized carbons (Fsp3) is 0.439. The Morgan fingerprint density at radius 3 is 2.34 bits per heavy atom. The van der Waals surface area contributed by atoms with Crippen LogP contribution in [0.15, 0.2) is 24.8 Å². The molecule has 3 aromatic rings. The zero-order valence-electron chi connectivity index (χ0n) is 31.7. The number of aromatic nitrogens is 4. The van der Waals surface area contributed by atoms with Gasteiger partial charge in [-0.3, -0.25) is 14.6 Å². The van der Waals surface area contributed by atoms with Crippen molar-refractivity contribution in [3.63, 3.8) is 0 Å². The molecule has 2 aliphatic heterocycles. The molecule has 0 radical (unpaired) electrons. The minimum absolute atomic E-state index is 0.0110. The summed E-state index contributed by atoms with van der Waals surface area (Å²) in [6.45, 7) is 18.3. The number of fused-ring (bicyclic) bond motifs is 8. The summed E-state index contributed by atoms with van der Waals surface area (Å²) in [5.74, 6) is -1.77. The van der Waals surface area contributed by atoms with Gasteiger partial charge in [-0.15, -0.1) is 0 Å². The first-order chi connectivity index (χ1) is 25.1. The van der Waals surface area contributed by atoms with Gasteiger partial charge in [-0.1, -0.05) is 40.3 Å². The highest BCUT2D eigenvalue weighted by Gasteiger charge is 2.35. The number of nitrogens with one attached hydrogen (secondary N) is 3. The molecule has 12 heteroatoms. The van der Waals surface area contributed by atoms with Gasteiger partial charge in [0.15, 0.2) is 0 Å². The third kappa shape index (κ3) is 8.28. The molecule has 2 atom stereocenters. The van der Waals surface area contributed by atoms with Gasteiger partial charge in [-0.25, -0.2) is 9.78 Å². The van der Waals surface area contributed by atoms with E-state index in [0.29, 0.717) is 40.5 Å². The summed E-state index contributed by atoms with van der Waals surface area (Å²) < 4.78 is 0. The largest absolute Gasteiger partial charge is 0.481 e. The summed E-state index contributed by atoms with van der Waals surface area (Å²) in [5, 5.41) is 33.0. The fourth-order valence-corrected chi connectivity index (χ4v) is 8.29. The van der Waals surface area contributed by atoms with Crippen LogP contribution in [-0.4, -0.2) is 77.8 Å². The lowest BCUT2D eigenvalue weighted by Gasteiger charge is -2.20. The molecule has 53 heavy (non-hydrogen) atoms. The van der Waals surface area contributed by atoms with Crippen LogP contribution in [0.3, 0.4) is 0 Å². The van der Waals surface area contributed by atoms with Crippen molar-refractivity contribution in [3.05, 3.63) is 75.4 Å². The van der Waals surface area contributed by atoms with Crippen LogP contribution < -0.4 is 5.32 Å². The predicted molar refractivity (Wildman–Crippen MR) is 213 cm³/mol. The molecule has 5 heterocycles. The number of carbonyl (C=O) groups is 3. The Labute approximate surface area is 314 Å². The Kier molecular flexibility index (Phi) is 12.0. The maximum Gasteiger partial charge on any atom is 0.338 e. The van der Waals surface area contributed by atoms with Gasteiger partial charge < -0.3 is 30.6 Å². The van der Waals surface area contributed by atoms with E-state index in [2.05, 4.69) is 41.8 Å². The van der Waals surface area contributed by atoms with E-state index >= 15 is 0 Å². The molecule has 3 aromatic heterocycles. The molecule has 0 fully saturated rings. The molecule has 2 unspecified atom stereocenters. The number of aliphatic hydroxyl groups is 1. The van der Waals surface area contributed by atoms with Crippen LogP contribution in [0, 0.1) is 19.3 Å². The summed E-state index contributed by atoms with van der Waals surface area (Å²) >= 11 is 1.63. The molecule has 0 saturated carbocycles. The van der Waals surface area contributed by atoms with E-state index in [1.54, 1.807) is 18.7 Å². The second kappa shape index (κ2) is 16.1. The lowest BCUT2D eigenvalue weighted by molar-refractivity contribution is -0.137. The zero-order chi connectivity index (χ0) is 38.8. The average Bonchev–Trinajstić information content (AvgIpc) is 3.78. The van der Waals surface area contributed by atoms with Gasteiger partial charge in [0, 0.05) is 81.8 Å². The lowest BCUT2D eigenvalue weighted by Crippen LogP contribution is -2.29. The predicted octanol–water partition coefficient (Wildman–Crippen LogP) is 7.31. The summed E-state index contributed by atoms with van der Waals surface area (Å²) in [6, 6.07) is 5.89. The monoisotopic (exact) mass is 741 g/mol. The zero-order valence-corrected chi connectivity index (χ0v) is 32.5. The van der Waals surface area contributed by atoms with Crippen molar-refractivity contribution >= 4 is 68.9 Å². The molecule has 0 aliphatic carbocycles. The number of nitrogens with zero attached hydrogens (tertiary/aromatic N) is 2. The summed E-state index contributed by atoms with van der Waals surface area (Å²) in [5.41, 5.74) is 9.83. The van der Waals surface area contributed by atoms with Gasteiger partial charge in [0.25, 0.3) is 0 Å². The molecule has 8 bridgehead atoms. The fourth-order valence-electron chi connectivity index (χ4n) is 7.25. The minimum atomic E-state index is -1.17. The molecule has 0 saturated heterocycles. The number of allylic oxidation sites excluding steroid dienone is 1. The molecule has 11 nitrogen and oxygen atoms in total. The van der Waals surface area contributed by atoms with E-state index in [4.69, 9.17) is 9.97 Å². The number of carbonyl (C=O) groups excluding carboxylic acids is 1. The average molecular weight is 742 g/mol. The van der Waals surface area contributed by atoms with E-state index in [1.807, 2.05) is 45.9 Å². The number of aryl methyl sites for hydroxylation is 3. The van der Waals surface area contributed by atoms with E-state index < -0.39 is 17.9 Å². The van der Waals surface area contributed by atoms with Crippen molar-refractivity contribution in [2.75, 3.05) is 24.7 Å². The number of carboxylic acid groups (broad SMARTS) is 2. The lowest BCUT2D eigenvalue weighted by atomic mass is 9.84. The molecular weight excluding hydrogens is 691 g/mol. The van der Waals surface area contributed by atoms with Crippen LogP contribution in [0.5, 0.6) is 0 Å². The van der Waals surface area contributed by atoms with E-state index in [0.717, 1.165) is 56.5 Å². The first-order valence-electron chi connectivity index (χ1n) is 18.1. The molecule has 5 rings (SSSR count). The van der Waals surface area contributed by atoms with E-state index in [1.165, 1.54) is 0 Å². The minimum Gasteiger partial charge on any atom is -0.481 e. The summed E-state index contributed by atoms with van der Waals surface area (Å²) in [4.78, 5) is 55.9. The van der Waals surface area contributed by atoms with Crippen molar-refractivity contribution in [2.24, 2.45) is 5.41 Å².